The van der Waals surface area contributed by atoms with Crippen LogP contribution in [0.25, 0.3) is 0 Å². The van der Waals surface area contributed by atoms with E-state index in [0.717, 1.165) is 33.4 Å². The first-order valence-electron chi connectivity index (χ1n) is 30.7. The molecule has 1 N–H and O–H groups in total. The van der Waals surface area contributed by atoms with E-state index >= 15 is 0 Å². The summed E-state index contributed by atoms with van der Waals surface area (Å²) in [7, 11) is 7.80. The molecule has 2 saturated heterocycles. The Bertz CT molecular complexity index is 3180. The molecule has 0 radical (unpaired) electrons. The molecule has 2 fully saturated rings. The normalized spacial score (nSPS) is 23.6. The molecule has 488 valence electrons. The van der Waals surface area contributed by atoms with Crippen LogP contribution in [-0.4, -0.2) is 204 Å². The molecule has 22 heteroatoms. The molecule has 0 spiro atoms. The van der Waals surface area contributed by atoms with Gasteiger partial charge in [0.25, 0.3) is 0 Å². The lowest BCUT2D eigenvalue weighted by atomic mass is 9.78. The second kappa shape index (κ2) is 32.8. The van der Waals surface area contributed by atoms with Gasteiger partial charge in [-0.3, -0.25) is 28.8 Å². The summed E-state index contributed by atoms with van der Waals surface area (Å²) in [6.07, 6.45) is 2.15. The van der Waals surface area contributed by atoms with Crippen LogP contribution in [0.5, 0.6) is 0 Å². The topological polar surface area (TPSA) is 233 Å². The number of nitrogens with zero attached hydrogens (tertiary/aromatic N) is 5. The number of esters is 2. The van der Waals surface area contributed by atoms with Gasteiger partial charge in [-0.2, -0.15) is 0 Å². The molecular formula is C68H88ClN5O16. The van der Waals surface area contributed by atoms with E-state index in [2.05, 4.69) is 11.8 Å². The Kier molecular flexibility index (Phi) is 25.7. The van der Waals surface area contributed by atoms with Crippen LogP contribution in [0, 0.1) is 24.7 Å². The largest absolute Gasteiger partial charge is 0.462 e. The van der Waals surface area contributed by atoms with Crippen molar-refractivity contribution in [3.63, 3.8) is 0 Å². The molecule has 7 rings (SSSR count). The van der Waals surface area contributed by atoms with Gasteiger partial charge in [-0.25, -0.2) is 4.79 Å². The lowest BCUT2D eigenvalue weighted by molar-refractivity contribution is -0.187. The van der Waals surface area contributed by atoms with Crippen molar-refractivity contribution in [1.82, 2.24) is 14.7 Å². The summed E-state index contributed by atoms with van der Waals surface area (Å²) in [4.78, 5) is 102. The molecule has 21 nitrogen and oxygen atoms in total. The van der Waals surface area contributed by atoms with E-state index in [-0.39, 0.29) is 89.0 Å². The van der Waals surface area contributed by atoms with E-state index in [0.29, 0.717) is 68.9 Å². The van der Waals surface area contributed by atoms with E-state index in [1.165, 1.54) is 40.7 Å². The maximum absolute atomic E-state index is 14.4. The minimum atomic E-state index is -1.61. The van der Waals surface area contributed by atoms with Gasteiger partial charge in [-0.1, -0.05) is 90.6 Å². The third-order valence-electron chi connectivity index (χ3n) is 17.1. The van der Waals surface area contributed by atoms with Gasteiger partial charge in [-0.05, 0) is 81.5 Å². The highest BCUT2D eigenvalue weighted by Crippen LogP contribution is 2.50. The van der Waals surface area contributed by atoms with Gasteiger partial charge >= 0.3 is 11.9 Å². The Morgan fingerprint density at radius 2 is 1.44 bits per heavy atom. The van der Waals surface area contributed by atoms with Gasteiger partial charge in [0.05, 0.1) is 108 Å². The summed E-state index contributed by atoms with van der Waals surface area (Å²) in [5.74, 6) is 3.02. The summed E-state index contributed by atoms with van der Waals surface area (Å²) in [5, 5.41) is 12.4. The van der Waals surface area contributed by atoms with Gasteiger partial charge in [0.2, 0.25) is 29.5 Å². The zero-order valence-corrected chi connectivity index (χ0v) is 54.3. The number of methoxy groups -OCH3 is 1. The summed E-state index contributed by atoms with van der Waals surface area (Å²) in [6, 6.07) is 17.9. The van der Waals surface area contributed by atoms with Crippen LogP contribution in [-0.2, 0) is 84.4 Å². The first-order chi connectivity index (χ1) is 42.9. The van der Waals surface area contributed by atoms with Crippen LogP contribution in [0.15, 0.2) is 84.5 Å². The van der Waals surface area contributed by atoms with Gasteiger partial charge < -0.3 is 67.5 Å². The van der Waals surface area contributed by atoms with Crippen LogP contribution in [0.2, 0.25) is 5.02 Å². The molecule has 8 atom stereocenters. The number of likely N-dealkylation sites (N-methyl/N-ethyl adjacent to an activating group) is 3. The molecule has 90 heavy (non-hydrogen) atoms. The molecule has 0 unspecified atom stereocenters. The van der Waals surface area contributed by atoms with Gasteiger partial charge in [-0.15, -0.1) is 0 Å². The number of allylic oxidation sites excluding steroid dienone is 3. The number of para-hydroxylation sites is 1. The van der Waals surface area contributed by atoms with Crippen molar-refractivity contribution in [2.45, 2.75) is 134 Å². The van der Waals surface area contributed by atoms with Gasteiger partial charge in [0.15, 0.2) is 0 Å². The molecule has 0 aromatic heterocycles. The number of benzene rings is 3. The fourth-order valence-electron chi connectivity index (χ4n) is 11.3. The third-order valence-corrected chi connectivity index (χ3v) is 17.6. The number of aryl methyl sites for hydroxylation is 1. The lowest BCUT2D eigenvalue weighted by Gasteiger charge is -2.41. The number of hydrogen-bond acceptors (Lipinski definition) is 16. The average Bonchev–Trinajstić information content (AvgIpc) is 1.57. The van der Waals surface area contributed by atoms with E-state index < -0.39 is 71.3 Å². The Labute approximate surface area is 533 Å². The van der Waals surface area contributed by atoms with Gasteiger partial charge in [0.1, 0.15) is 35.6 Å². The zero-order chi connectivity index (χ0) is 65.3. The van der Waals surface area contributed by atoms with Crippen molar-refractivity contribution in [2.24, 2.45) is 5.92 Å². The zero-order valence-electron chi connectivity index (χ0n) is 53.6. The van der Waals surface area contributed by atoms with Crippen molar-refractivity contribution >= 4 is 64.5 Å². The average molecular weight is 1270 g/mol. The summed E-state index contributed by atoms with van der Waals surface area (Å²) >= 11 is 6.85. The van der Waals surface area contributed by atoms with Crippen molar-refractivity contribution < 1.29 is 76.6 Å². The standard InChI is InChI=1S/C68H88ClN5O16/c1-45-17-15-22-56(83-10)68(82)41-55(88-63(80)42-68)47(3)65-67(5,90-65)57(40-61(78)73(9)54-39-49(37-45)38-46(2)64(54)69)89-66(81)48(4)72(8)60(77)24-16-23-58(75)70(6)28-30-85-32-34-87-36-35-86-33-31-84-29-27-59(76)71(7)44-62(79)74-43-52-20-12-11-18-50(52)25-26-51-19-13-14-21-53(51)74/h11-15,17-22,38-39,47-48,55-57,65,82H,16,23-24,27-37,40-44H2,1-10H3/b22-15+,45-17+/t47-,48+,55+,56-,57+,65+,67+,68-/m1/s1. The molecule has 5 amide bonds. The second-order valence-corrected chi connectivity index (χ2v) is 24.2. The predicted molar refractivity (Wildman–Crippen MR) is 337 cm³/mol. The monoisotopic (exact) mass is 1270 g/mol. The smallest absolute Gasteiger partial charge is 0.328 e. The first-order valence-corrected chi connectivity index (χ1v) is 31.1. The number of carbonyl (C=O) groups is 7. The minimum Gasteiger partial charge on any atom is -0.462 e. The maximum Gasteiger partial charge on any atom is 0.328 e. The van der Waals surface area contributed by atoms with Crippen LogP contribution in [0.4, 0.5) is 11.4 Å². The Morgan fingerprint density at radius 1 is 0.822 bits per heavy atom. The molecular weight excluding hydrogens is 1180 g/mol. The molecule has 4 bridgehead atoms. The number of fused-ring (bicyclic) bond motifs is 7. The number of carbonyl (C=O) groups excluding carboxylic acids is 7. The van der Waals surface area contributed by atoms with E-state index in [4.69, 9.17) is 49.5 Å². The van der Waals surface area contributed by atoms with Crippen LogP contribution in [0.3, 0.4) is 0 Å². The van der Waals surface area contributed by atoms with Crippen LogP contribution in [0.1, 0.15) is 100 Å². The Hall–Kier alpha value is -7.00. The number of epoxide rings is 1. The van der Waals surface area contributed by atoms with Crippen molar-refractivity contribution in [3.8, 4) is 11.8 Å². The molecule has 4 aliphatic heterocycles. The van der Waals surface area contributed by atoms with Crippen LogP contribution >= 0.6 is 11.6 Å². The lowest BCUT2D eigenvalue weighted by Crippen LogP contribution is -2.53. The summed E-state index contributed by atoms with van der Waals surface area (Å²) in [6.45, 7) is 11.7. The van der Waals surface area contributed by atoms with Gasteiger partial charge in [0, 0.05) is 78.2 Å². The number of hydrogen-bond donors (Lipinski definition) is 1. The first kappa shape index (κ1) is 70.5. The highest BCUT2D eigenvalue weighted by atomic mass is 35.5. The van der Waals surface area contributed by atoms with E-state index in [1.54, 1.807) is 45.1 Å². The van der Waals surface area contributed by atoms with Crippen molar-refractivity contribution in [3.05, 3.63) is 117 Å². The number of ether oxygens (including phenoxy) is 8. The number of halogens is 1. The maximum atomic E-state index is 14.4. The minimum absolute atomic E-state index is 0.0270. The summed E-state index contributed by atoms with van der Waals surface area (Å²) < 4.78 is 46.6. The molecule has 4 aliphatic rings. The molecule has 0 aliphatic carbocycles. The molecule has 3 aromatic rings. The SMILES string of the molecule is CO[C@@H]1/C=C/C=C(\C)Cc2cc(C)c(Cl)c(c2)N(C)C(=O)C[C@H](OC(=O)[C@H](C)N(C)C(=O)CCCC(=O)N(C)CCOCCOCCOCCOCCC(=O)N(C)CC(=O)N2Cc3ccccc3C#Cc3ccccc32)[C@]2(C)O[C@H]2[C@H](C)[C@@H]2C[C@@]1(O)CC(=O)O2. The van der Waals surface area contributed by atoms with Crippen LogP contribution < -0.4 is 9.80 Å². The fourth-order valence-corrected chi connectivity index (χ4v) is 11.5. The number of amides is 5. The van der Waals surface area contributed by atoms with Crippen molar-refractivity contribution in [1.29, 1.82) is 0 Å². The Morgan fingerprint density at radius 3 is 2.14 bits per heavy atom. The van der Waals surface area contributed by atoms with E-state index in [9.17, 15) is 38.7 Å². The Balaban J connectivity index is 0.777. The van der Waals surface area contributed by atoms with E-state index in [1.807, 2.05) is 87.5 Å². The molecule has 3 aromatic carbocycles. The molecule has 0 saturated carbocycles. The molecule has 4 heterocycles. The second-order valence-electron chi connectivity index (χ2n) is 23.9. The highest BCUT2D eigenvalue weighted by molar-refractivity contribution is 6.34. The fraction of sp³-hybridized carbons (Fsp3) is 0.544. The third kappa shape index (κ3) is 18.8. The summed E-state index contributed by atoms with van der Waals surface area (Å²) in [5.41, 5.74) is 3.45. The highest BCUT2D eigenvalue weighted by Gasteiger charge is 2.64. The quantitative estimate of drug-likeness (QED) is 0.0410. The number of rotatable bonds is 25. The number of anilines is 2. The van der Waals surface area contributed by atoms with Crippen molar-refractivity contribution in [2.75, 3.05) is 111 Å². The number of aliphatic hydroxyl groups is 1. The predicted octanol–water partition coefficient (Wildman–Crippen LogP) is 6.55.